The second-order valence-electron chi connectivity index (χ2n) is 5.69. The van der Waals surface area contributed by atoms with E-state index in [-0.39, 0.29) is 0 Å². The first-order chi connectivity index (χ1) is 8.79. The molecule has 18 heavy (non-hydrogen) atoms. The molecular weight excluding hydrogens is 224 g/mol. The summed E-state index contributed by atoms with van der Waals surface area (Å²) in [6, 6.07) is 7.62. The zero-order chi connectivity index (χ0) is 12.4. The van der Waals surface area contributed by atoms with Crippen molar-refractivity contribution in [2.45, 2.75) is 19.4 Å². The van der Waals surface area contributed by atoms with E-state index in [1.807, 2.05) is 12.1 Å². The van der Waals surface area contributed by atoms with Gasteiger partial charge in [0.15, 0.2) is 0 Å². The summed E-state index contributed by atoms with van der Waals surface area (Å²) in [4.78, 5) is 5.09. The van der Waals surface area contributed by atoms with Crippen molar-refractivity contribution < 1.29 is 5.11 Å². The van der Waals surface area contributed by atoms with E-state index in [0.717, 1.165) is 25.6 Å². The van der Waals surface area contributed by atoms with E-state index in [2.05, 4.69) is 15.9 Å². The fraction of sp³-hybridized carbons (Fsp3) is 0.600. The van der Waals surface area contributed by atoms with Crippen LogP contribution in [0.2, 0.25) is 0 Å². The van der Waals surface area contributed by atoms with Crippen molar-refractivity contribution in [1.29, 1.82) is 0 Å². The predicted molar refractivity (Wildman–Crippen MR) is 72.5 cm³/mol. The monoisotopic (exact) mass is 246 g/mol. The number of piperazine rings is 1. The molecule has 1 saturated carbocycles. The Morgan fingerprint density at radius 2 is 1.78 bits per heavy atom. The summed E-state index contributed by atoms with van der Waals surface area (Å²) >= 11 is 0. The summed E-state index contributed by atoms with van der Waals surface area (Å²) < 4.78 is 0. The highest BCUT2D eigenvalue weighted by atomic mass is 16.3. The number of hydrogen-bond donors (Lipinski definition) is 1. The highest BCUT2D eigenvalue weighted by molar-refractivity contribution is 5.27. The molecule has 0 bridgehead atoms. The summed E-state index contributed by atoms with van der Waals surface area (Å²) in [5.41, 5.74) is 1.21. The van der Waals surface area contributed by atoms with Crippen LogP contribution in [-0.2, 0) is 6.54 Å². The quantitative estimate of drug-likeness (QED) is 0.879. The van der Waals surface area contributed by atoms with Crippen LogP contribution in [0.25, 0.3) is 0 Å². The van der Waals surface area contributed by atoms with Crippen LogP contribution >= 0.6 is 0 Å². The lowest BCUT2D eigenvalue weighted by Crippen LogP contribution is -2.46. The lowest BCUT2D eigenvalue weighted by Gasteiger charge is -2.34. The third-order valence-corrected chi connectivity index (χ3v) is 3.99. The molecule has 3 rings (SSSR count). The number of aromatic hydroxyl groups is 1. The van der Waals surface area contributed by atoms with E-state index in [4.69, 9.17) is 0 Å². The van der Waals surface area contributed by atoms with Gasteiger partial charge in [-0.2, -0.15) is 0 Å². The van der Waals surface area contributed by atoms with E-state index in [9.17, 15) is 5.11 Å². The highest BCUT2D eigenvalue weighted by Gasteiger charge is 2.26. The zero-order valence-electron chi connectivity index (χ0n) is 10.9. The van der Waals surface area contributed by atoms with Crippen LogP contribution in [0.4, 0.5) is 0 Å². The summed E-state index contributed by atoms with van der Waals surface area (Å²) in [7, 11) is 0. The van der Waals surface area contributed by atoms with Gasteiger partial charge in [-0.1, -0.05) is 12.1 Å². The van der Waals surface area contributed by atoms with Crippen molar-refractivity contribution in [3.8, 4) is 5.75 Å². The van der Waals surface area contributed by atoms with E-state index >= 15 is 0 Å². The molecule has 1 aromatic carbocycles. The minimum Gasteiger partial charge on any atom is -0.508 e. The predicted octanol–water partition coefficient (Wildman–Crippen LogP) is 1.92. The van der Waals surface area contributed by atoms with Crippen LogP contribution in [-0.4, -0.2) is 47.6 Å². The smallest absolute Gasteiger partial charge is 0.115 e. The highest BCUT2D eigenvalue weighted by Crippen LogP contribution is 2.30. The van der Waals surface area contributed by atoms with Crippen molar-refractivity contribution in [3.63, 3.8) is 0 Å². The summed E-state index contributed by atoms with van der Waals surface area (Å²) in [5, 5.41) is 9.46. The van der Waals surface area contributed by atoms with Crippen LogP contribution < -0.4 is 0 Å². The van der Waals surface area contributed by atoms with E-state index in [1.165, 1.54) is 38.0 Å². The van der Waals surface area contributed by atoms with Crippen LogP contribution in [0, 0.1) is 5.92 Å². The number of phenolic OH excluding ortho intramolecular Hbond substituents is 1. The fourth-order valence-electron chi connectivity index (χ4n) is 2.71. The molecule has 3 nitrogen and oxygen atoms in total. The van der Waals surface area contributed by atoms with Crippen LogP contribution in [0.1, 0.15) is 18.4 Å². The van der Waals surface area contributed by atoms with E-state index < -0.39 is 0 Å². The Kier molecular flexibility index (Phi) is 3.52. The van der Waals surface area contributed by atoms with Crippen LogP contribution in [0.15, 0.2) is 24.3 Å². The third kappa shape index (κ3) is 3.24. The first kappa shape index (κ1) is 12.0. The molecule has 0 atom stereocenters. The molecule has 98 valence electrons. The van der Waals surface area contributed by atoms with Crippen LogP contribution in [0.5, 0.6) is 5.75 Å². The van der Waals surface area contributed by atoms with Gasteiger partial charge in [0.2, 0.25) is 0 Å². The first-order valence-electron chi connectivity index (χ1n) is 7.02. The average molecular weight is 246 g/mol. The Balaban J connectivity index is 1.47. The second kappa shape index (κ2) is 5.29. The number of nitrogens with zero attached hydrogens (tertiary/aromatic N) is 2. The Morgan fingerprint density at radius 1 is 1.06 bits per heavy atom. The molecule has 0 amide bonds. The van der Waals surface area contributed by atoms with Gasteiger partial charge in [-0.15, -0.1) is 0 Å². The average Bonchev–Trinajstić information content (AvgIpc) is 3.16. The lowest BCUT2D eigenvalue weighted by atomic mass is 10.2. The molecule has 1 aromatic rings. The van der Waals surface area contributed by atoms with Gasteiger partial charge >= 0.3 is 0 Å². The Morgan fingerprint density at radius 3 is 2.44 bits per heavy atom. The first-order valence-corrected chi connectivity index (χ1v) is 7.02. The van der Waals surface area contributed by atoms with Gasteiger partial charge in [0.05, 0.1) is 0 Å². The summed E-state index contributed by atoms with van der Waals surface area (Å²) in [6.45, 7) is 7.00. The topological polar surface area (TPSA) is 26.7 Å². The maximum Gasteiger partial charge on any atom is 0.115 e. The van der Waals surface area contributed by atoms with Crippen molar-refractivity contribution in [3.05, 3.63) is 29.8 Å². The maximum atomic E-state index is 9.46. The van der Waals surface area contributed by atoms with Gasteiger partial charge in [0.25, 0.3) is 0 Å². The maximum absolute atomic E-state index is 9.46. The van der Waals surface area contributed by atoms with Crippen molar-refractivity contribution in [2.75, 3.05) is 32.7 Å². The molecule has 1 aliphatic heterocycles. The SMILES string of the molecule is Oc1cccc(CN2CCN(CC3CC3)CC2)c1. The van der Waals surface area contributed by atoms with Crippen molar-refractivity contribution >= 4 is 0 Å². The van der Waals surface area contributed by atoms with E-state index in [1.54, 1.807) is 6.07 Å². The number of rotatable bonds is 4. The molecule has 3 heteroatoms. The number of hydrogen-bond acceptors (Lipinski definition) is 3. The number of benzene rings is 1. The molecular formula is C15H22N2O. The third-order valence-electron chi connectivity index (χ3n) is 3.99. The molecule has 2 aliphatic rings. The van der Waals surface area contributed by atoms with Crippen molar-refractivity contribution in [2.24, 2.45) is 5.92 Å². The Labute approximate surface area is 109 Å². The molecule has 0 spiro atoms. The molecule has 1 aliphatic carbocycles. The minimum atomic E-state index is 0.375. The van der Waals surface area contributed by atoms with E-state index in [0.29, 0.717) is 5.75 Å². The van der Waals surface area contributed by atoms with Gasteiger partial charge in [0, 0.05) is 39.3 Å². The van der Waals surface area contributed by atoms with Gasteiger partial charge in [-0.05, 0) is 36.5 Å². The van der Waals surface area contributed by atoms with Crippen LogP contribution in [0.3, 0.4) is 0 Å². The normalized spacial score (nSPS) is 22.2. The minimum absolute atomic E-state index is 0.375. The summed E-state index contributed by atoms with van der Waals surface area (Å²) in [5.74, 6) is 1.38. The molecule has 0 aromatic heterocycles. The molecule has 2 fully saturated rings. The standard InChI is InChI=1S/C15H22N2O/c18-15-3-1-2-14(10-15)12-17-8-6-16(7-9-17)11-13-4-5-13/h1-3,10,13,18H,4-9,11-12H2. The molecule has 1 saturated heterocycles. The summed E-state index contributed by atoms with van der Waals surface area (Å²) in [6.07, 6.45) is 2.90. The molecule has 0 unspecified atom stereocenters. The van der Waals surface area contributed by atoms with Gasteiger partial charge in [-0.25, -0.2) is 0 Å². The van der Waals surface area contributed by atoms with Gasteiger partial charge < -0.3 is 10.0 Å². The molecule has 0 radical (unpaired) electrons. The largest absolute Gasteiger partial charge is 0.508 e. The van der Waals surface area contributed by atoms with Crippen molar-refractivity contribution in [1.82, 2.24) is 9.80 Å². The Hall–Kier alpha value is -1.06. The Bertz CT molecular complexity index is 395. The fourth-order valence-corrected chi connectivity index (χ4v) is 2.71. The van der Waals surface area contributed by atoms with Gasteiger partial charge in [-0.3, -0.25) is 4.90 Å². The molecule has 1 N–H and O–H groups in total. The zero-order valence-corrected chi connectivity index (χ0v) is 10.9. The lowest BCUT2D eigenvalue weighted by molar-refractivity contribution is 0.123. The second-order valence-corrected chi connectivity index (χ2v) is 5.69. The van der Waals surface area contributed by atoms with Gasteiger partial charge in [0.1, 0.15) is 5.75 Å². The number of phenols is 1. The molecule has 1 heterocycles.